The Balaban J connectivity index is 1.49. The van der Waals surface area contributed by atoms with Gasteiger partial charge in [-0.25, -0.2) is 13.8 Å². The highest BCUT2D eigenvalue weighted by Crippen LogP contribution is 2.37. The molecule has 0 aromatic heterocycles. The quantitative estimate of drug-likeness (QED) is 0.135. The van der Waals surface area contributed by atoms with E-state index in [1.54, 1.807) is 79.7 Å². The molecule has 42 heavy (non-hydrogen) atoms. The summed E-state index contributed by atoms with van der Waals surface area (Å²) in [6, 6.07) is 23.4. The molecule has 1 amide bonds. The van der Waals surface area contributed by atoms with Crippen LogP contribution in [0.15, 0.2) is 99.4 Å². The largest absolute Gasteiger partial charge is 0.493 e. The molecule has 0 aliphatic rings. The summed E-state index contributed by atoms with van der Waals surface area (Å²) < 4.78 is 40.1. The number of hydrogen-bond acceptors (Lipinski definition) is 6. The molecule has 0 fully saturated rings. The van der Waals surface area contributed by atoms with E-state index in [0.717, 1.165) is 9.87 Å². The van der Waals surface area contributed by atoms with Gasteiger partial charge in [-0.1, -0.05) is 65.7 Å². The molecule has 218 valence electrons. The summed E-state index contributed by atoms with van der Waals surface area (Å²) in [5.74, 6) is 0.242. The van der Waals surface area contributed by atoms with Crippen molar-refractivity contribution in [2.75, 3.05) is 18.0 Å². The second-order valence-electron chi connectivity index (χ2n) is 8.96. The van der Waals surface area contributed by atoms with Crippen molar-refractivity contribution in [3.8, 4) is 11.5 Å². The maximum Gasteiger partial charge on any atom is 0.264 e. The van der Waals surface area contributed by atoms with Crippen LogP contribution in [0.4, 0.5) is 5.69 Å². The van der Waals surface area contributed by atoms with Gasteiger partial charge in [0.1, 0.15) is 13.2 Å². The number of carbonyl (C=O) groups is 1. The van der Waals surface area contributed by atoms with Gasteiger partial charge in [0.2, 0.25) is 0 Å². The fourth-order valence-corrected chi connectivity index (χ4v) is 6.49. The molecular formula is C30H26BrCl2N3O5S. The Morgan fingerprint density at radius 1 is 1.02 bits per heavy atom. The summed E-state index contributed by atoms with van der Waals surface area (Å²) in [7, 11) is -2.53. The predicted molar refractivity (Wildman–Crippen MR) is 169 cm³/mol. The third-order valence-electron chi connectivity index (χ3n) is 6.04. The van der Waals surface area contributed by atoms with Crippen LogP contribution in [0.3, 0.4) is 0 Å². The van der Waals surface area contributed by atoms with Gasteiger partial charge < -0.3 is 9.47 Å². The van der Waals surface area contributed by atoms with Crippen LogP contribution >= 0.6 is 39.1 Å². The first-order valence-electron chi connectivity index (χ1n) is 12.5. The third-order valence-corrected chi connectivity index (χ3v) is 8.99. The Hall–Kier alpha value is -3.57. The molecule has 0 spiro atoms. The summed E-state index contributed by atoms with van der Waals surface area (Å²) in [6.45, 7) is 1.48. The smallest absolute Gasteiger partial charge is 0.264 e. The van der Waals surface area contributed by atoms with E-state index in [2.05, 4.69) is 26.5 Å². The van der Waals surface area contributed by atoms with Crippen LogP contribution in [0.5, 0.6) is 11.5 Å². The van der Waals surface area contributed by atoms with E-state index in [1.807, 2.05) is 0 Å². The van der Waals surface area contributed by atoms with E-state index in [-0.39, 0.29) is 11.5 Å². The maximum atomic E-state index is 13.5. The van der Waals surface area contributed by atoms with Crippen LogP contribution in [-0.2, 0) is 21.4 Å². The van der Waals surface area contributed by atoms with Crippen LogP contribution in [0, 0.1) is 6.92 Å². The second kappa shape index (κ2) is 14.1. The van der Waals surface area contributed by atoms with Crippen molar-refractivity contribution in [2.24, 2.45) is 5.10 Å². The van der Waals surface area contributed by atoms with Crippen molar-refractivity contribution in [3.63, 3.8) is 0 Å². The van der Waals surface area contributed by atoms with Crippen molar-refractivity contribution < 1.29 is 22.7 Å². The molecule has 0 saturated heterocycles. The first kappa shape index (κ1) is 31.4. The molecule has 12 heteroatoms. The topological polar surface area (TPSA) is 97.3 Å². The number of para-hydroxylation sites is 1. The summed E-state index contributed by atoms with van der Waals surface area (Å²) in [6.07, 6.45) is 1.41. The zero-order valence-corrected chi connectivity index (χ0v) is 26.5. The number of ether oxygens (including phenoxy) is 2. The van der Waals surface area contributed by atoms with Crippen LogP contribution in [0.25, 0.3) is 0 Å². The standard InChI is InChI=1S/C30H26BrCl2N3O5S/c1-20-8-6-7-11-27(20)36(42(38,39)24-9-4-3-5-10-24)18-29(37)35-34-17-21-14-25(31)30(28(15-21)40-2)41-19-22-12-13-23(32)16-26(22)33/h3-17H,18-19H2,1-2H3,(H,35,37)/b34-17-. The minimum atomic E-state index is -4.03. The fourth-order valence-electron chi connectivity index (χ4n) is 3.95. The number of rotatable bonds is 11. The molecule has 0 radical (unpaired) electrons. The van der Waals surface area contributed by atoms with E-state index in [0.29, 0.717) is 42.8 Å². The van der Waals surface area contributed by atoms with E-state index in [1.165, 1.54) is 25.5 Å². The average molecular weight is 691 g/mol. The third kappa shape index (κ3) is 7.63. The molecule has 8 nitrogen and oxygen atoms in total. The molecule has 0 aliphatic heterocycles. The maximum absolute atomic E-state index is 13.5. The molecule has 0 atom stereocenters. The predicted octanol–water partition coefficient (Wildman–Crippen LogP) is 7.00. The van der Waals surface area contributed by atoms with Crippen molar-refractivity contribution in [2.45, 2.75) is 18.4 Å². The molecule has 1 N–H and O–H groups in total. The molecule has 0 saturated carbocycles. The number of amides is 1. The Bertz CT molecular complexity index is 1720. The number of anilines is 1. The van der Waals surface area contributed by atoms with Crippen molar-refractivity contribution in [1.82, 2.24) is 5.43 Å². The number of carbonyl (C=O) groups excluding carboxylic acids is 1. The highest BCUT2D eigenvalue weighted by molar-refractivity contribution is 9.10. The van der Waals surface area contributed by atoms with E-state index >= 15 is 0 Å². The Kier molecular flexibility index (Phi) is 10.5. The lowest BCUT2D eigenvalue weighted by Crippen LogP contribution is -2.40. The van der Waals surface area contributed by atoms with Crippen molar-refractivity contribution in [1.29, 1.82) is 0 Å². The highest BCUT2D eigenvalue weighted by atomic mass is 79.9. The van der Waals surface area contributed by atoms with Gasteiger partial charge in [0, 0.05) is 15.6 Å². The lowest BCUT2D eigenvalue weighted by molar-refractivity contribution is -0.119. The number of hydrazone groups is 1. The fraction of sp³-hybridized carbons (Fsp3) is 0.133. The number of nitrogens with one attached hydrogen (secondary N) is 1. The van der Waals surface area contributed by atoms with Gasteiger partial charge >= 0.3 is 0 Å². The number of halogens is 3. The minimum Gasteiger partial charge on any atom is -0.493 e. The van der Waals surface area contributed by atoms with Gasteiger partial charge in [-0.15, -0.1) is 0 Å². The monoisotopic (exact) mass is 689 g/mol. The molecule has 0 heterocycles. The van der Waals surface area contributed by atoms with Gasteiger partial charge in [-0.05, 0) is 76.4 Å². The summed E-state index contributed by atoms with van der Waals surface area (Å²) in [5.41, 5.74) is 4.84. The van der Waals surface area contributed by atoms with Gasteiger partial charge in [-0.3, -0.25) is 9.10 Å². The highest BCUT2D eigenvalue weighted by Gasteiger charge is 2.28. The summed E-state index contributed by atoms with van der Waals surface area (Å²) >= 11 is 15.7. The second-order valence-corrected chi connectivity index (χ2v) is 12.5. The van der Waals surface area contributed by atoms with Crippen molar-refractivity contribution >= 4 is 67.0 Å². The first-order valence-corrected chi connectivity index (χ1v) is 15.5. The lowest BCUT2D eigenvalue weighted by atomic mass is 10.2. The molecule has 0 aliphatic carbocycles. The zero-order valence-electron chi connectivity index (χ0n) is 22.6. The zero-order chi connectivity index (χ0) is 30.3. The number of benzene rings is 4. The number of aryl methyl sites for hydroxylation is 1. The minimum absolute atomic E-state index is 0.0714. The van der Waals surface area contributed by atoms with E-state index in [4.69, 9.17) is 32.7 Å². The van der Waals surface area contributed by atoms with Gasteiger partial charge in [0.25, 0.3) is 15.9 Å². The van der Waals surface area contributed by atoms with Gasteiger partial charge in [-0.2, -0.15) is 5.10 Å². The van der Waals surface area contributed by atoms with Crippen LogP contribution in [-0.4, -0.2) is 34.2 Å². The van der Waals surface area contributed by atoms with Crippen LogP contribution in [0.1, 0.15) is 16.7 Å². The Labute approximate surface area is 263 Å². The van der Waals surface area contributed by atoms with Gasteiger partial charge in [0.15, 0.2) is 11.5 Å². The van der Waals surface area contributed by atoms with E-state index in [9.17, 15) is 13.2 Å². The molecule has 0 bridgehead atoms. The van der Waals surface area contributed by atoms with E-state index < -0.39 is 22.5 Å². The molecule has 4 aromatic carbocycles. The molecule has 4 aromatic rings. The van der Waals surface area contributed by atoms with Crippen molar-refractivity contribution in [3.05, 3.63) is 116 Å². The normalized spacial score (nSPS) is 11.4. The number of hydrogen-bond donors (Lipinski definition) is 1. The molecule has 0 unspecified atom stereocenters. The average Bonchev–Trinajstić information content (AvgIpc) is 2.97. The Morgan fingerprint density at radius 3 is 2.43 bits per heavy atom. The number of sulfonamides is 1. The van der Waals surface area contributed by atoms with Crippen LogP contribution < -0.4 is 19.2 Å². The summed E-state index contributed by atoms with van der Waals surface area (Å²) in [5, 5.41) is 5.04. The van der Waals surface area contributed by atoms with Gasteiger partial charge in [0.05, 0.1) is 28.4 Å². The number of nitrogens with zero attached hydrogens (tertiary/aromatic N) is 2. The SMILES string of the molecule is COc1cc(/C=N\NC(=O)CN(c2ccccc2C)S(=O)(=O)c2ccccc2)cc(Br)c1OCc1ccc(Cl)cc1Cl. The summed E-state index contributed by atoms with van der Waals surface area (Å²) in [4.78, 5) is 13.0. The molecule has 4 rings (SSSR count). The lowest BCUT2D eigenvalue weighted by Gasteiger charge is -2.25. The first-order chi connectivity index (χ1) is 20.1. The molecular weight excluding hydrogens is 665 g/mol. The number of methoxy groups -OCH3 is 1. The Morgan fingerprint density at radius 2 is 1.74 bits per heavy atom. The van der Waals surface area contributed by atoms with Crippen LogP contribution in [0.2, 0.25) is 10.0 Å².